The molecule has 0 unspecified atom stereocenters. The van der Waals surface area contributed by atoms with Crippen LogP contribution in [0.2, 0.25) is 0 Å². The molecule has 0 fully saturated rings. The van der Waals surface area contributed by atoms with Gasteiger partial charge in [-0.2, -0.15) is 0 Å². The predicted molar refractivity (Wildman–Crippen MR) is 80.4 cm³/mol. The molecule has 2 N–H and O–H groups in total. The molecule has 106 valence electrons. The second-order valence-corrected chi connectivity index (χ2v) is 5.56. The number of hydrogen-bond acceptors (Lipinski definition) is 6. The Balaban J connectivity index is 2.19. The lowest BCUT2D eigenvalue weighted by molar-refractivity contribution is 0.102. The Morgan fingerprint density at radius 1 is 1.35 bits per heavy atom. The van der Waals surface area contributed by atoms with Gasteiger partial charge in [-0.15, -0.1) is 10.2 Å². The molecular formula is C13H17N5OS. The minimum atomic E-state index is -0.229. The summed E-state index contributed by atoms with van der Waals surface area (Å²) in [4.78, 5) is 16.4. The monoisotopic (exact) mass is 291 g/mol. The van der Waals surface area contributed by atoms with E-state index in [4.69, 9.17) is 0 Å². The summed E-state index contributed by atoms with van der Waals surface area (Å²) in [5.74, 6) is -0.229. The summed E-state index contributed by atoms with van der Waals surface area (Å²) < 4.78 is 0. The molecule has 7 heteroatoms. The zero-order valence-electron chi connectivity index (χ0n) is 11.7. The molecule has 2 heterocycles. The molecule has 2 aromatic rings. The maximum absolute atomic E-state index is 12.3. The summed E-state index contributed by atoms with van der Waals surface area (Å²) in [5, 5.41) is 15.0. The molecule has 0 saturated carbocycles. The average Bonchev–Trinajstić information content (AvgIpc) is 2.81. The fraction of sp³-hybridized carbons (Fsp3) is 0.385. The number of pyridine rings is 1. The number of amides is 1. The van der Waals surface area contributed by atoms with Gasteiger partial charge in [0.25, 0.3) is 5.91 Å². The maximum atomic E-state index is 12.3. The summed E-state index contributed by atoms with van der Waals surface area (Å²) in [7, 11) is 0. The second kappa shape index (κ2) is 6.42. The first-order chi connectivity index (χ1) is 9.60. The zero-order chi connectivity index (χ0) is 14.5. The van der Waals surface area contributed by atoms with E-state index in [0.29, 0.717) is 10.7 Å². The highest BCUT2D eigenvalue weighted by molar-refractivity contribution is 7.15. The summed E-state index contributed by atoms with van der Waals surface area (Å²) in [6, 6.07) is 1.87. The van der Waals surface area contributed by atoms with Crippen LogP contribution >= 0.6 is 11.3 Å². The number of carbonyl (C=O) groups is 1. The molecule has 2 aromatic heterocycles. The summed E-state index contributed by atoms with van der Waals surface area (Å²) in [6.07, 6.45) is 2.56. The Hall–Kier alpha value is -2.02. The van der Waals surface area contributed by atoms with Crippen LogP contribution in [-0.2, 0) is 0 Å². The first-order valence-electron chi connectivity index (χ1n) is 6.42. The van der Waals surface area contributed by atoms with E-state index >= 15 is 0 Å². The zero-order valence-corrected chi connectivity index (χ0v) is 12.5. The third-order valence-corrected chi connectivity index (χ3v) is 3.35. The van der Waals surface area contributed by atoms with E-state index in [0.717, 1.165) is 29.4 Å². The van der Waals surface area contributed by atoms with Crippen molar-refractivity contribution in [3.8, 4) is 0 Å². The van der Waals surface area contributed by atoms with Gasteiger partial charge in [-0.3, -0.25) is 15.1 Å². The summed E-state index contributed by atoms with van der Waals surface area (Å²) >= 11 is 1.34. The lowest BCUT2D eigenvalue weighted by Gasteiger charge is -2.11. The standard InChI is InChI=1S/C13H17N5OS/c1-4-5-14-11-6-8(2)15-7-10(11)12(19)16-13-18-17-9(3)20-13/h6-7H,4-5H2,1-3H3,(H,14,15)(H,16,18,19). The first-order valence-corrected chi connectivity index (χ1v) is 7.23. The number of hydrogen-bond donors (Lipinski definition) is 2. The highest BCUT2D eigenvalue weighted by Gasteiger charge is 2.14. The predicted octanol–water partition coefficient (Wildman–Crippen LogP) is 2.62. The smallest absolute Gasteiger partial charge is 0.261 e. The Kier molecular flexibility index (Phi) is 4.62. The van der Waals surface area contributed by atoms with E-state index in [2.05, 4.69) is 32.7 Å². The van der Waals surface area contributed by atoms with Crippen molar-refractivity contribution in [2.45, 2.75) is 27.2 Å². The summed E-state index contributed by atoms with van der Waals surface area (Å²) in [5.41, 5.74) is 2.17. The van der Waals surface area contributed by atoms with Gasteiger partial charge >= 0.3 is 0 Å². The second-order valence-electron chi connectivity index (χ2n) is 4.38. The van der Waals surface area contributed by atoms with Crippen LogP contribution in [0.4, 0.5) is 10.8 Å². The molecule has 0 aliphatic heterocycles. The highest BCUT2D eigenvalue weighted by Crippen LogP contribution is 2.19. The Morgan fingerprint density at radius 2 is 2.15 bits per heavy atom. The van der Waals surface area contributed by atoms with Crippen molar-refractivity contribution in [3.05, 3.63) is 28.5 Å². The largest absolute Gasteiger partial charge is 0.384 e. The van der Waals surface area contributed by atoms with Gasteiger partial charge in [0.15, 0.2) is 0 Å². The van der Waals surface area contributed by atoms with Gasteiger partial charge in [0.05, 0.1) is 11.3 Å². The van der Waals surface area contributed by atoms with Crippen LogP contribution in [0.25, 0.3) is 0 Å². The van der Waals surface area contributed by atoms with E-state index in [1.807, 2.05) is 19.9 Å². The molecule has 0 atom stereocenters. The quantitative estimate of drug-likeness (QED) is 0.885. The van der Waals surface area contributed by atoms with Gasteiger partial charge < -0.3 is 5.32 Å². The first kappa shape index (κ1) is 14.4. The number of nitrogens with one attached hydrogen (secondary N) is 2. The Labute approximate surface area is 121 Å². The Bertz CT molecular complexity index is 611. The fourth-order valence-electron chi connectivity index (χ4n) is 1.66. The van der Waals surface area contributed by atoms with Crippen LogP contribution in [0, 0.1) is 13.8 Å². The van der Waals surface area contributed by atoms with Gasteiger partial charge in [-0.25, -0.2) is 0 Å². The molecular weight excluding hydrogens is 274 g/mol. The van der Waals surface area contributed by atoms with E-state index in [9.17, 15) is 4.79 Å². The highest BCUT2D eigenvalue weighted by atomic mass is 32.1. The van der Waals surface area contributed by atoms with Crippen molar-refractivity contribution in [2.24, 2.45) is 0 Å². The van der Waals surface area contributed by atoms with E-state index in [-0.39, 0.29) is 5.91 Å². The van der Waals surface area contributed by atoms with E-state index in [1.165, 1.54) is 11.3 Å². The lowest BCUT2D eigenvalue weighted by Crippen LogP contribution is -2.15. The molecule has 0 aliphatic rings. The van der Waals surface area contributed by atoms with Crippen LogP contribution in [0.15, 0.2) is 12.3 Å². The minimum Gasteiger partial charge on any atom is -0.384 e. The molecule has 6 nitrogen and oxygen atoms in total. The average molecular weight is 291 g/mol. The molecule has 20 heavy (non-hydrogen) atoms. The Morgan fingerprint density at radius 3 is 2.80 bits per heavy atom. The summed E-state index contributed by atoms with van der Waals surface area (Å²) in [6.45, 7) is 6.62. The van der Waals surface area contributed by atoms with E-state index in [1.54, 1.807) is 6.20 Å². The molecule has 0 aliphatic carbocycles. The van der Waals surface area contributed by atoms with Crippen LogP contribution in [-0.4, -0.2) is 27.6 Å². The third-order valence-electron chi connectivity index (χ3n) is 2.60. The number of nitrogens with zero attached hydrogens (tertiary/aromatic N) is 3. The lowest BCUT2D eigenvalue weighted by atomic mass is 10.2. The van der Waals surface area contributed by atoms with Crippen LogP contribution in [0.3, 0.4) is 0 Å². The molecule has 1 amide bonds. The van der Waals surface area contributed by atoms with Crippen molar-refractivity contribution in [3.63, 3.8) is 0 Å². The van der Waals surface area contributed by atoms with E-state index < -0.39 is 0 Å². The maximum Gasteiger partial charge on any atom is 0.261 e. The number of aromatic nitrogens is 3. The number of aryl methyl sites for hydroxylation is 2. The van der Waals surface area contributed by atoms with Gasteiger partial charge in [-0.1, -0.05) is 18.3 Å². The molecule has 0 saturated heterocycles. The van der Waals surface area contributed by atoms with Gasteiger partial charge in [0.2, 0.25) is 5.13 Å². The van der Waals surface area contributed by atoms with Crippen molar-refractivity contribution in [1.29, 1.82) is 0 Å². The van der Waals surface area contributed by atoms with Crippen molar-refractivity contribution >= 4 is 28.1 Å². The fourth-order valence-corrected chi connectivity index (χ4v) is 2.25. The van der Waals surface area contributed by atoms with Gasteiger partial charge in [0.1, 0.15) is 5.01 Å². The van der Waals surface area contributed by atoms with Crippen molar-refractivity contribution in [2.75, 3.05) is 17.2 Å². The minimum absolute atomic E-state index is 0.229. The SMILES string of the molecule is CCCNc1cc(C)ncc1C(=O)Nc1nnc(C)s1. The third kappa shape index (κ3) is 3.51. The molecule has 0 radical (unpaired) electrons. The molecule has 0 aromatic carbocycles. The van der Waals surface area contributed by atoms with Gasteiger partial charge in [0, 0.05) is 18.4 Å². The molecule has 0 spiro atoms. The van der Waals surface area contributed by atoms with Crippen molar-refractivity contribution in [1.82, 2.24) is 15.2 Å². The topological polar surface area (TPSA) is 79.8 Å². The number of rotatable bonds is 5. The van der Waals surface area contributed by atoms with Crippen LogP contribution in [0.5, 0.6) is 0 Å². The molecule has 2 rings (SSSR count). The van der Waals surface area contributed by atoms with Gasteiger partial charge in [-0.05, 0) is 26.3 Å². The number of carbonyl (C=O) groups excluding carboxylic acids is 1. The normalized spacial score (nSPS) is 10.3. The van der Waals surface area contributed by atoms with Crippen LogP contribution in [0.1, 0.15) is 34.4 Å². The van der Waals surface area contributed by atoms with Crippen LogP contribution < -0.4 is 10.6 Å². The molecule has 0 bridgehead atoms. The van der Waals surface area contributed by atoms with Crippen molar-refractivity contribution < 1.29 is 4.79 Å². The number of anilines is 2.